The summed E-state index contributed by atoms with van der Waals surface area (Å²) in [6.07, 6.45) is -0.476. The van der Waals surface area contributed by atoms with Crippen molar-refractivity contribution in [3.05, 3.63) is 0 Å². The second kappa shape index (κ2) is 4.14. The molecule has 0 spiro atoms. The Balaban J connectivity index is 1.98. The van der Waals surface area contributed by atoms with E-state index in [2.05, 4.69) is 0 Å². The summed E-state index contributed by atoms with van der Waals surface area (Å²) < 4.78 is 5.27. The largest absolute Gasteiger partial charge is 0.444 e. The molecule has 2 fully saturated rings. The quantitative estimate of drug-likeness (QED) is 0.658. The van der Waals surface area contributed by atoms with Gasteiger partial charge in [0.05, 0.1) is 12.1 Å². The number of carbonyl (C=O) groups excluding carboxylic acids is 1. The van der Waals surface area contributed by atoms with E-state index in [0.717, 1.165) is 6.42 Å². The number of ether oxygens (including phenoxy) is 1. The molecule has 5 heteroatoms. The summed E-state index contributed by atoms with van der Waals surface area (Å²) in [4.78, 5) is 13.4. The van der Waals surface area contributed by atoms with Gasteiger partial charge in [-0.1, -0.05) is 0 Å². The number of nitrogens with zero attached hydrogens (tertiary/aromatic N) is 1. The van der Waals surface area contributed by atoms with Crippen molar-refractivity contribution in [1.82, 2.24) is 4.90 Å². The van der Waals surface area contributed by atoms with Crippen LogP contribution < -0.4 is 0 Å². The number of hydrogen-bond donors (Lipinski definition) is 2. The first-order valence-electron chi connectivity index (χ1n) is 6.15. The van der Waals surface area contributed by atoms with Crippen LogP contribution in [0, 0.1) is 5.92 Å². The van der Waals surface area contributed by atoms with Gasteiger partial charge in [0.2, 0.25) is 0 Å². The number of likely N-dealkylation sites (tertiary alicyclic amines) is 1. The van der Waals surface area contributed by atoms with Crippen molar-refractivity contribution >= 4 is 6.09 Å². The Morgan fingerprint density at radius 3 is 2.53 bits per heavy atom. The van der Waals surface area contributed by atoms with E-state index in [-0.39, 0.29) is 6.04 Å². The van der Waals surface area contributed by atoms with Crippen LogP contribution in [0.1, 0.15) is 33.6 Å². The Bertz CT molecular complexity index is 312. The van der Waals surface area contributed by atoms with Crippen LogP contribution in [0.3, 0.4) is 0 Å². The number of fused-ring (bicyclic) bond motifs is 1. The molecular formula is C12H21NO4. The van der Waals surface area contributed by atoms with Crippen molar-refractivity contribution in [2.24, 2.45) is 5.92 Å². The molecule has 0 aromatic rings. The van der Waals surface area contributed by atoms with Crippen molar-refractivity contribution in [1.29, 1.82) is 0 Å². The monoisotopic (exact) mass is 243 g/mol. The fraction of sp³-hybridized carbons (Fsp3) is 0.917. The van der Waals surface area contributed by atoms with Gasteiger partial charge in [0.1, 0.15) is 11.7 Å². The summed E-state index contributed by atoms with van der Waals surface area (Å²) in [5.74, 6) is 0.306. The van der Waals surface area contributed by atoms with Gasteiger partial charge in [-0.25, -0.2) is 4.79 Å². The van der Waals surface area contributed by atoms with Crippen molar-refractivity contribution in [3.63, 3.8) is 0 Å². The first-order valence-corrected chi connectivity index (χ1v) is 6.15. The summed E-state index contributed by atoms with van der Waals surface area (Å²) in [5.41, 5.74) is -0.527. The van der Waals surface area contributed by atoms with E-state index >= 15 is 0 Å². The number of carbonyl (C=O) groups is 1. The first kappa shape index (κ1) is 12.6. The maximum Gasteiger partial charge on any atom is 0.410 e. The third-order valence-corrected chi connectivity index (χ3v) is 3.48. The van der Waals surface area contributed by atoms with E-state index in [1.54, 1.807) is 0 Å². The van der Waals surface area contributed by atoms with Crippen LogP contribution in [-0.2, 0) is 4.74 Å². The highest BCUT2D eigenvalue weighted by molar-refractivity contribution is 5.70. The summed E-state index contributed by atoms with van der Waals surface area (Å²) in [6.45, 7) is 6.07. The van der Waals surface area contributed by atoms with Crippen molar-refractivity contribution in [3.8, 4) is 0 Å². The fourth-order valence-corrected chi connectivity index (χ4v) is 2.62. The molecule has 1 aliphatic carbocycles. The van der Waals surface area contributed by atoms with E-state index in [1.165, 1.54) is 4.90 Å². The molecule has 4 atom stereocenters. The topological polar surface area (TPSA) is 70.0 Å². The van der Waals surface area contributed by atoms with Crippen LogP contribution in [0.15, 0.2) is 0 Å². The minimum atomic E-state index is -0.838. The highest BCUT2D eigenvalue weighted by Crippen LogP contribution is 2.38. The molecule has 1 aliphatic heterocycles. The molecule has 0 bridgehead atoms. The molecule has 17 heavy (non-hydrogen) atoms. The molecule has 2 N–H and O–H groups in total. The zero-order valence-electron chi connectivity index (χ0n) is 10.6. The molecule has 98 valence electrons. The average Bonchev–Trinajstić information content (AvgIpc) is 2.10. The third-order valence-electron chi connectivity index (χ3n) is 3.48. The molecule has 0 aromatic heterocycles. The van der Waals surface area contributed by atoms with Crippen LogP contribution >= 0.6 is 0 Å². The van der Waals surface area contributed by atoms with Gasteiger partial charge in [-0.3, -0.25) is 0 Å². The summed E-state index contributed by atoms with van der Waals surface area (Å²) in [5, 5.41) is 19.5. The van der Waals surface area contributed by atoms with Crippen LogP contribution in [0.2, 0.25) is 0 Å². The van der Waals surface area contributed by atoms with Crippen LogP contribution in [0.25, 0.3) is 0 Å². The molecule has 0 aromatic carbocycles. The Morgan fingerprint density at radius 2 is 1.94 bits per heavy atom. The molecule has 1 amide bonds. The maximum atomic E-state index is 11.9. The third kappa shape index (κ3) is 2.40. The van der Waals surface area contributed by atoms with E-state index in [1.807, 2.05) is 20.8 Å². The molecule has 0 radical (unpaired) electrons. The lowest BCUT2D eigenvalue weighted by molar-refractivity contribution is -0.135. The zero-order chi connectivity index (χ0) is 12.8. The SMILES string of the molecule is CC(C)(C)OC(=O)N1C[C@@H]2CC[C@@H](O)[C@@H](O)[C@@H]21. The van der Waals surface area contributed by atoms with Gasteiger partial charge < -0.3 is 19.8 Å². The summed E-state index contributed by atoms with van der Waals surface area (Å²) >= 11 is 0. The Morgan fingerprint density at radius 1 is 1.29 bits per heavy atom. The lowest BCUT2D eigenvalue weighted by Gasteiger charge is -2.53. The highest BCUT2D eigenvalue weighted by Gasteiger charge is 2.51. The Hall–Kier alpha value is -0.810. The molecule has 1 saturated heterocycles. The van der Waals surface area contributed by atoms with Crippen molar-refractivity contribution < 1.29 is 19.7 Å². The molecule has 2 rings (SSSR count). The molecule has 2 aliphatic rings. The highest BCUT2D eigenvalue weighted by atomic mass is 16.6. The Labute approximate surface area is 101 Å². The second-order valence-corrected chi connectivity index (χ2v) is 6.02. The number of aliphatic hydroxyl groups excluding tert-OH is 2. The normalized spacial score (nSPS) is 37.1. The fourth-order valence-electron chi connectivity index (χ4n) is 2.62. The second-order valence-electron chi connectivity index (χ2n) is 6.02. The smallest absolute Gasteiger partial charge is 0.410 e. The Kier molecular flexibility index (Phi) is 3.08. The summed E-state index contributed by atoms with van der Waals surface area (Å²) in [7, 11) is 0. The van der Waals surface area contributed by atoms with Gasteiger partial charge in [0, 0.05) is 6.54 Å². The zero-order valence-corrected chi connectivity index (χ0v) is 10.6. The van der Waals surface area contributed by atoms with Gasteiger partial charge in [0.15, 0.2) is 0 Å². The van der Waals surface area contributed by atoms with E-state index < -0.39 is 23.9 Å². The van der Waals surface area contributed by atoms with Crippen molar-refractivity contribution in [2.75, 3.05) is 6.54 Å². The standard InChI is InChI=1S/C12H21NO4/c1-12(2,3)17-11(16)13-6-7-4-5-8(14)10(15)9(7)13/h7-10,14-15H,4-6H2,1-3H3/t7-,8+,9+,10+/m0/s1. The average molecular weight is 243 g/mol. The minimum absolute atomic E-state index is 0.270. The molecule has 5 nitrogen and oxygen atoms in total. The molecular weight excluding hydrogens is 222 g/mol. The number of aliphatic hydroxyl groups is 2. The van der Waals surface area contributed by atoms with E-state index in [9.17, 15) is 15.0 Å². The predicted octanol–water partition coefficient (Wildman–Crippen LogP) is 0.738. The minimum Gasteiger partial charge on any atom is -0.444 e. The molecule has 1 heterocycles. The molecule has 1 saturated carbocycles. The van der Waals surface area contributed by atoms with Gasteiger partial charge >= 0.3 is 6.09 Å². The van der Waals surface area contributed by atoms with Gasteiger partial charge in [-0.2, -0.15) is 0 Å². The lowest BCUT2D eigenvalue weighted by Crippen LogP contribution is -2.68. The van der Waals surface area contributed by atoms with Gasteiger partial charge in [0.25, 0.3) is 0 Å². The van der Waals surface area contributed by atoms with E-state index in [0.29, 0.717) is 18.9 Å². The van der Waals surface area contributed by atoms with Gasteiger partial charge in [-0.15, -0.1) is 0 Å². The summed E-state index contributed by atoms with van der Waals surface area (Å²) in [6, 6.07) is -0.270. The van der Waals surface area contributed by atoms with Crippen LogP contribution in [0.5, 0.6) is 0 Å². The maximum absolute atomic E-state index is 11.9. The predicted molar refractivity (Wildman–Crippen MR) is 61.5 cm³/mol. The lowest BCUT2D eigenvalue weighted by atomic mass is 9.74. The molecule has 0 unspecified atom stereocenters. The number of rotatable bonds is 0. The van der Waals surface area contributed by atoms with Crippen molar-refractivity contribution in [2.45, 2.75) is 57.5 Å². The first-order chi connectivity index (χ1) is 7.79. The number of amides is 1. The van der Waals surface area contributed by atoms with E-state index in [4.69, 9.17) is 4.74 Å². The number of hydrogen-bond acceptors (Lipinski definition) is 4. The van der Waals surface area contributed by atoms with Crippen LogP contribution in [-0.4, -0.2) is 51.6 Å². The van der Waals surface area contributed by atoms with Crippen LogP contribution in [0.4, 0.5) is 4.79 Å². The van der Waals surface area contributed by atoms with Gasteiger partial charge in [-0.05, 0) is 39.5 Å².